The van der Waals surface area contributed by atoms with Gasteiger partial charge >= 0.3 is 6.18 Å². The van der Waals surface area contributed by atoms with Crippen molar-refractivity contribution in [3.8, 4) is 0 Å². The first-order valence-corrected chi connectivity index (χ1v) is 7.99. The van der Waals surface area contributed by atoms with Crippen molar-refractivity contribution in [1.82, 2.24) is 15.2 Å². The number of anilines is 1. The van der Waals surface area contributed by atoms with Gasteiger partial charge in [0.15, 0.2) is 11.5 Å². The molecule has 0 saturated heterocycles. The highest BCUT2D eigenvalue weighted by Gasteiger charge is 2.30. The highest BCUT2D eigenvalue weighted by molar-refractivity contribution is 5.90. The summed E-state index contributed by atoms with van der Waals surface area (Å²) in [6.07, 6.45) is -3.87. The van der Waals surface area contributed by atoms with Crippen molar-refractivity contribution >= 4 is 16.9 Å². The van der Waals surface area contributed by atoms with E-state index >= 15 is 0 Å². The lowest BCUT2D eigenvalue weighted by atomic mass is 10.0. The number of hydrogen-bond donors (Lipinski definition) is 2. The van der Waals surface area contributed by atoms with Gasteiger partial charge in [-0.25, -0.2) is 4.98 Å². The fourth-order valence-corrected chi connectivity index (χ4v) is 3.00. The topological polar surface area (TPSA) is 53.6 Å². The van der Waals surface area contributed by atoms with Crippen LogP contribution in [0.1, 0.15) is 29.3 Å². The van der Waals surface area contributed by atoms with Gasteiger partial charge < -0.3 is 5.32 Å². The van der Waals surface area contributed by atoms with Gasteiger partial charge in [-0.05, 0) is 50.5 Å². The molecular weight excluding hydrogens is 329 g/mol. The Balaban J connectivity index is 1.79. The average molecular weight is 348 g/mol. The largest absolute Gasteiger partial charge is 0.416 e. The molecule has 0 spiro atoms. The summed E-state index contributed by atoms with van der Waals surface area (Å²) < 4.78 is 38.5. The second-order valence-electron chi connectivity index (χ2n) is 6.32. The van der Waals surface area contributed by atoms with Crippen LogP contribution < -0.4 is 5.32 Å². The number of pyridine rings is 1. The molecule has 0 amide bonds. The predicted octanol–water partition coefficient (Wildman–Crippen LogP) is 4.64. The molecule has 1 atom stereocenters. The Morgan fingerprint density at radius 1 is 1.20 bits per heavy atom. The van der Waals surface area contributed by atoms with Gasteiger partial charge in [0.2, 0.25) is 0 Å². The molecule has 1 aromatic carbocycles. The summed E-state index contributed by atoms with van der Waals surface area (Å²) in [5.74, 6) is 0.666. The standard InChI is InChI=1S/C18H19F3N4/c1-10-7-11(2)22-16-15(10)17(25-24-16)23-12(3)8-13-5-4-6-14(9-13)18(19,20)21/h4-7,9,12H,8H2,1-3H3,(H2,22,23,24,25). The Morgan fingerprint density at radius 2 is 1.96 bits per heavy atom. The summed E-state index contributed by atoms with van der Waals surface area (Å²) in [6.45, 7) is 5.81. The fourth-order valence-electron chi connectivity index (χ4n) is 3.00. The number of aromatic nitrogens is 3. The third-order valence-electron chi connectivity index (χ3n) is 4.03. The van der Waals surface area contributed by atoms with Crippen LogP contribution >= 0.6 is 0 Å². The fraction of sp³-hybridized carbons (Fsp3) is 0.333. The molecule has 25 heavy (non-hydrogen) atoms. The van der Waals surface area contributed by atoms with Crippen LogP contribution in [0.3, 0.4) is 0 Å². The molecule has 0 aliphatic carbocycles. The minimum absolute atomic E-state index is 0.0873. The quantitative estimate of drug-likeness (QED) is 0.722. The van der Waals surface area contributed by atoms with E-state index in [1.807, 2.05) is 26.8 Å². The zero-order valence-electron chi connectivity index (χ0n) is 14.2. The van der Waals surface area contributed by atoms with Crippen molar-refractivity contribution in [2.45, 2.75) is 39.4 Å². The van der Waals surface area contributed by atoms with Gasteiger partial charge in [-0.15, -0.1) is 0 Å². The lowest BCUT2D eigenvalue weighted by Gasteiger charge is -2.15. The van der Waals surface area contributed by atoms with Crippen molar-refractivity contribution in [3.05, 3.63) is 52.7 Å². The molecule has 2 N–H and O–H groups in total. The van der Waals surface area contributed by atoms with Crippen LogP contribution in [0, 0.1) is 13.8 Å². The molecule has 0 aliphatic heterocycles. The van der Waals surface area contributed by atoms with Crippen LogP contribution in [0.2, 0.25) is 0 Å². The maximum atomic E-state index is 12.8. The van der Waals surface area contributed by atoms with E-state index in [1.54, 1.807) is 6.07 Å². The van der Waals surface area contributed by atoms with Crippen LogP contribution in [0.4, 0.5) is 19.0 Å². The summed E-state index contributed by atoms with van der Waals surface area (Å²) in [7, 11) is 0. The first-order chi connectivity index (χ1) is 11.7. The number of aromatic amines is 1. The van der Waals surface area contributed by atoms with Crippen LogP contribution in [-0.4, -0.2) is 21.2 Å². The molecule has 4 nitrogen and oxygen atoms in total. The molecule has 1 unspecified atom stereocenters. The number of nitrogens with zero attached hydrogens (tertiary/aromatic N) is 2. The van der Waals surface area contributed by atoms with Gasteiger partial charge in [0.05, 0.1) is 10.9 Å². The smallest absolute Gasteiger partial charge is 0.365 e. The monoisotopic (exact) mass is 348 g/mol. The van der Waals surface area contributed by atoms with Gasteiger partial charge in [-0.3, -0.25) is 5.10 Å². The van der Waals surface area contributed by atoms with Gasteiger partial charge in [-0.2, -0.15) is 18.3 Å². The van der Waals surface area contributed by atoms with Crippen LogP contribution in [-0.2, 0) is 12.6 Å². The summed E-state index contributed by atoms with van der Waals surface area (Å²) >= 11 is 0. The van der Waals surface area contributed by atoms with E-state index in [9.17, 15) is 13.2 Å². The van der Waals surface area contributed by atoms with E-state index < -0.39 is 11.7 Å². The number of alkyl halides is 3. The summed E-state index contributed by atoms with van der Waals surface area (Å²) in [4.78, 5) is 4.40. The number of aryl methyl sites for hydroxylation is 2. The molecule has 0 bridgehead atoms. The van der Waals surface area contributed by atoms with Crippen molar-refractivity contribution in [2.75, 3.05) is 5.32 Å². The van der Waals surface area contributed by atoms with E-state index in [1.165, 1.54) is 12.1 Å². The molecule has 0 saturated carbocycles. The van der Waals surface area contributed by atoms with Crippen molar-refractivity contribution in [2.24, 2.45) is 0 Å². The van der Waals surface area contributed by atoms with E-state index in [-0.39, 0.29) is 6.04 Å². The lowest BCUT2D eigenvalue weighted by Crippen LogP contribution is -2.19. The zero-order valence-corrected chi connectivity index (χ0v) is 14.2. The first kappa shape index (κ1) is 17.3. The molecule has 0 radical (unpaired) electrons. The molecule has 0 fully saturated rings. The highest BCUT2D eigenvalue weighted by Crippen LogP contribution is 2.30. The van der Waals surface area contributed by atoms with Crippen molar-refractivity contribution in [3.63, 3.8) is 0 Å². The SMILES string of the molecule is Cc1cc(C)c2c(NC(C)Cc3cccc(C(F)(F)F)c3)n[nH]c2n1. The Labute approximate surface area is 143 Å². The van der Waals surface area contributed by atoms with Gasteiger partial charge in [0, 0.05) is 11.7 Å². The molecule has 2 aromatic heterocycles. The number of benzene rings is 1. The highest BCUT2D eigenvalue weighted by atomic mass is 19.4. The number of H-pyrrole nitrogens is 1. The second-order valence-corrected chi connectivity index (χ2v) is 6.32. The minimum atomic E-state index is -4.33. The Kier molecular flexibility index (Phi) is 4.41. The minimum Gasteiger partial charge on any atom is -0.365 e. The number of halogens is 3. The van der Waals surface area contributed by atoms with Crippen LogP contribution in [0.25, 0.3) is 11.0 Å². The summed E-state index contributed by atoms with van der Waals surface area (Å²) in [5.41, 5.74) is 2.65. The van der Waals surface area contributed by atoms with Crippen molar-refractivity contribution in [1.29, 1.82) is 0 Å². The maximum Gasteiger partial charge on any atom is 0.416 e. The summed E-state index contributed by atoms with van der Waals surface area (Å²) in [5, 5.41) is 11.3. The van der Waals surface area contributed by atoms with E-state index in [4.69, 9.17) is 0 Å². The maximum absolute atomic E-state index is 12.8. The van der Waals surface area contributed by atoms with Crippen LogP contribution in [0.15, 0.2) is 30.3 Å². The van der Waals surface area contributed by atoms with E-state index in [0.717, 1.165) is 22.7 Å². The number of fused-ring (bicyclic) bond motifs is 1. The molecule has 132 valence electrons. The Bertz CT molecular complexity index is 899. The second kappa shape index (κ2) is 6.38. The Morgan fingerprint density at radius 3 is 2.68 bits per heavy atom. The molecule has 3 rings (SSSR count). The van der Waals surface area contributed by atoms with Gasteiger partial charge in [0.1, 0.15) is 0 Å². The molecule has 0 aliphatic rings. The number of hydrogen-bond acceptors (Lipinski definition) is 3. The van der Waals surface area contributed by atoms with Gasteiger partial charge in [0.25, 0.3) is 0 Å². The van der Waals surface area contributed by atoms with Gasteiger partial charge in [-0.1, -0.05) is 18.2 Å². The third-order valence-corrected chi connectivity index (χ3v) is 4.03. The Hall–Kier alpha value is -2.57. The van der Waals surface area contributed by atoms with E-state index in [0.29, 0.717) is 23.4 Å². The molecule has 3 aromatic rings. The predicted molar refractivity (Wildman–Crippen MR) is 91.6 cm³/mol. The third kappa shape index (κ3) is 3.75. The molecule has 7 heteroatoms. The van der Waals surface area contributed by atoms with Crippen molar-refractivity contribution < 1.29 is 13.2 Å². The number of rotatable bonds is 4. The lowest BCUT2D eigenvalue weighted by molar-refractivity contribution is -0.137. The average Bonchev–Trinajstić information content (AvgIpc) is 2.89. The molecule has 2 heterocycles. The first-order valence-electron chi connectivity index (χ1n) is 7.99. The normalized spacial score (nSPS) is 13.2. The zero-order chi connectivity index (χ0) is 18.2. The number of nitrogens with one attached hydrogen (secondary N) is 2. The summed E-state index contributed by atoms with van der Waals surface area (Å²) in [6, 6.07) is 7.30. The van der Waals surface area contributed by atoms with Crippen LogP contribution in [0.5, 0.6) is 0 Å². The van der Waals surface area contributed by atoms with E-state index in [2.05, 4.69) is 20.5 Å². The molecular formula is C18H19F3N4.